The number of piperidine rings is 1. The zero-order chi connectivity index (χ0) is 17.5. The standard InChI is InChI=1S/C18H26N2O4/c1-4-23-15-9-8-13(11-16(15)24-5-2)18(22)20-10-6-7-14(12-20)17(21)19-3/h8-9,11,14H,4-7,10,12H2,1-3H3,(H,19,21). The van der Waals surface area contributed by atoms with E-state index in [9.17, 15) is 9.59 Å². The summed E-state index contributed by atoms with van der Waals surface area (Å²) in [6.07, 6.45) is 1.65. The van der Waals surface area contributed by atoms with Gasteiger partial charge in [-0.25, -0.2) is 0 Å². The first-order chi connectivity index (χ1) is 11.6. The second-order valence-corrected chi connectivity index (χ2v) is 5.73. The van der Waals surface area contributed by atoms with Gasteiger partial charge in [0.05, 0.1) is 19.1 Å². The van der Waals surface area contributed by atoms with Gasteiger partial charge >= 0.3 is 0 Å². The minimum Gasteiger partial charge on any atom is -0.490 e. The fraction of sp³-hybridized carbons (Fsp3) is 0.556. The molecular formula is C18H26N2O4. The molecule has 6 nitrogen and oxygen atoms in total. The van der Waals surface area contributed by atoms with Crippen LogP contribution in [0.15, 0.2) is 18.2 Å². The predicted molar refractivity (Wildman–Crippen MR) is 91.5 cm³/mol. The van der Waals surface area contributed by atoms with Crippen LogP contribution in [0.4, 0.5) is 0 Å². The van der Waals surface area contributed by atoms with E-state index in [1.165, 1.54) is 0 Å². The molecule has 1 atom stereocenters. The third-order valence-electron chi connectivity index (χ3n) is 4.12. The fourth-order valence-electron chi connectivity index (χ4n) is 2.95. The molecule has 2 amide bonds. The number of likely N-dealkylation sites (tertiary alicyclic amines) is 1. The number of ether oxygens (including phenoxy) is 2. The van der Waals surface area contributed by atoms with Crippen LogP contribution >= 0.6 is 0 Å². The number of carbonyl (C=O) groups excluding carboxylic acids is 2. The average molecular weight is 334 g/mol. The molecule has 2 rings (SSSR count). The first kappa shape index (κ1) is 18.1. The molecule has 1 heterocycles. The fourth-order valence-corrected chi connectivity index (χ4v) is 2.95. The summed E-state index contributed by atoms with van der Waals surface area (Å²) in [4.78, 5) is 26.4. The van der Waals surface area contributed by atoms with Crippen LogP contribution in [0.3, 0.4) is 0 Å². The number of rotatable bonds is 6. The molecule has 0 saturated carbocycles. The molecule has 0 radical (unpaired) electrons. The lowest BCUT2D eigenvalue weighted by molar-refractivity contribution is -0.125. The van der Waals surface area contributed by atoms with Crippen molar-refractivity contribution in [2.24, 2.45) is 5.92 Å². The molecule has 1 N–H and O–H groups in total. The van der Waals surface area contributed by atoms with Gasteiger partial charge in [0.25, 0.3) is 5.91 Å². The molecule has 1 aliphatic heterocycles. The molecule has 1 aliphatic rings. The van der Waals surface area contributed by atoms with Gasteiger partial charge in [0, 0.05) is 25.7 Å². The summed E-state index contributed by atoms with van der Waals surface area (Å²) in [6, 6.07) is 5.24. The van der Waals surface area contributed by atoms with Crippen LogP contribution in [-0.4, -0.2) is 50.1 Å². The summed E-state index contributed by atoms with van der Waals surface area (Å²) in [6.45, 7) is 5.96. The molecule has 0 spiro atoms. The van der Waals surface area contributed by atoms with Crippen LogP contribution in [-0.2, 0) is 4.79 Å². The highest BCUT2D eigenvalue weighted by Gasteiger charge is 2.28. The molecular weight excluding hydrogens is 308 g/mol. The highest BCUT2D eigenvalue weighted by Crippen LogP contribution is 2.29. The Bertz CT molecular complexity index is 588. The van der Waals surface area contributed by atoms with Crippen molar-refractivity contribution in [3.63, 3.8) is 0 Å². The molecule has 1 fully saturated rings. The number of amides is 2. The molecule has 1 saturated heterocycles. The SMILES string of the molecule is CCOc1ccc(C(=O)N2CCCC(C(=O)NC)C2)cc1OCC. The molecule has 0 aliphatic carbocycles. The van der Waals surface area contributed by atoms with E-state index >= 15 is 0 Å². The Kier molecular flexibility index (Phi) is 6.46. The van der Waals surface area contributed by atoms with Gasteiger partial charge in [-0.2, -0.15) is 0 Å². The lowest BCUT2D eigenvalue weighted by Crippen LogP contribution is -2.44. The molecule has 24 heavy (non-hydrogen) atoms. The van der Waals surface area contributed by atoms with Crippen molar-refractivity contribution in [3.05, 3.63) is 23.8 Å². The van der Waals surface area contributed by atoms with Gasteiger partial charge in [-0.1, -0.05) is 0 Å². The van der Waals surface area contributed by atoms with E-state index in [4.69, 9.17) is 9.47 Å². The van der Waals surface area contributed by atoms with Crippen LogP contribution in [0.25, 0.3) is 0 Å². The van der Waals surface area contributed by atoms with Crippen LogP contribution in [0.5, 0.6) is 11.5 Å². The lowest BCUT2D eigenvalue weighted by atomic mass is 9.96. The van der Waals surface area contributed by atoms with E-state index < -0.39 is 0 Å². The van der Waals surface area contributed by atoms with Gasteiger partial charge in [-0.05, 0) is 44.9 Å². The normalized spacial score (nSPS) is 17.3. The van der Waals surface area contributed by atoms with Crippen molar-refractivity contribution in [1.29, 1.82) is 0 Å². The Morgan fingerprint density at radius 2 is 1.92 bits per heavy atom. The van der Waals surface area contributed by atoms with Crippen molar-refractivity contribution in [2.75, 3.05) is 33.4 Å². The van der Waals surface area contributed by atoms with Crippen LogP contribution in [0.1, 0.15) is 37.0 Å². The van der Waals surface area contributed by atoms with Crippen molar-refractivity contribution in [2.45, 2.75) is 26.7 Å². The summed E-state index contributed by atoms with van der Waals surface area (Å²) in [7, 11) is 1.63. The summed E-state index contributed by atoms with van der Waals surface area (Å²) in [5, 5.41) is 2.67. The number of nitrogens with zero attached hydrogens (tertiary/aromatic N) is 1. The monoisotopic (exact) mass is 334 g/mol. The minimum atomic E-state index is -0.137. The largest absolute Gasteiger partial charge is 0.490 e. The average Bonchev–Trinajstić information content (AvgIpc) is 2.62. The minimum absolute atomic E-state index is 0.00537. The van der Waals surface area contributed by atoms with Gasteiger partial charge in [0.1, 0.15) is 0 Å². The third kappa shape index (κ3) is 4.19. The smallest absolute Gasteiger partial charge is 0.254 e. The number of benzene rings is 1. The van der Waals surface area contributed by atoms with E-state index in [1.54, 1.807) is 30.1 Å². The van der Waals surface area contributed by atoms with Crippen molar-refractivity contribution in [1.82, 2.24) is 10.2 Å². The van der Waals surface area contributed by atoms with Crippen molar-refractivity contribution >= 4 is 11.8 Å². The van der Waals surface area contributed by atoms with E-state index in [0.29, 0.717) is 43.4 Å². The van der Waals surface area contributed by atoms with Gasteiger partial charge in [-0.3, -0.25) is 9.59 Å². The van der Waals surface area contributed by atoms with E-state index in [2.05, 4.69) is 5.32 Å². The second kappa shape index (κ2) is 8.57. The molecule has 6 heteroatoms. The first-order valence-electron chi connectivity index (χ1n) is 8.51. The summed E-state index contributed by atoms with van der Waals surface area (Å²) >= 11 is 0. The van der Waals surface area contributed by atoms with Gasteiger partial charge in [0.2, 0.25) is 5.91 Å². The first-order valence-corrected chi connectivity index (χ1v) is 8.51. The zero-order valence-corrected chi connectivity index (χ0v) is 14.6. The maximum Gasteiger partial charge on any atom is 0.254 e. The Balaban J connectivity index is 2.16. The molecule has 1 aromatic carbocycles. The molecule has 1 aromatic rings. The molecule has 1 unspecified atom stereocenters. The topological polar surface area (TPSA) is 67.9 Å². The molecule has 0 aromatic heterocycles. The summed E-state index contributed by atoms with van der Waals surface area (Å²) in [5.74, 6) is 0.992. The maximum absolute atomic E-state index is 12.8. The number of nitrogens with one attached hydrogen (secondary N) is 1. The Labute approximate surface area is 143 Å². The molecule has 0 bridgehead atoms. The quantitative estimate of drug-likeness (QED) is 0.865. The third-order valence-corrected chi connectivity index (χ3v) is 4.12. The van der Waals surface area contributed by atoms with Gasteiger partial charge in [0.15, 0.2) is 11.5 Å². The highest BCUT2D eigenvalue weighted by molar-refractivity contribution is 5.95. The van der Waals surface area contributed by atoms with E-state index in [-0.39, 0.29) is 17.7 Å². The number of hydrogen-bond acceptors (Lipinski definition) is 4. The van der Waals surface area contributed by atoms with Crippen LogP contribution < -0.4 is 14.8 Å². The van der Waals surface area contributed by atoms with Gasteiger partial charge in [-0.15, -0.1) is 0 Å². The van der Waals surface area contributed by atoms with Crippen LogP contribution in [0.2, 0.25) is 0 Å². The maximum atomic E-state index is 12.8. The zero-order valence-electron chi connectivity index (χ0n) is 14.6. The predicted octanol–water partition coefficient (Wildman–Crippen LogP) is 2.08. The molecule has 132 valence electrons. The lowest BCUT2D eigenvalue weighted by Gasteiger charge is -2.32. The summed E-state index contributed by atoms with van der Waals surface area (Å²) in [5.41, 5.74) is 0.555. The van der Waals surface area contributed by atoms with Crippen molar-refractivity contribution < 1.29 is 19.1 Å². The van der Waals surface area contributed by atoms with E-state index in [1.807, 2.05) is 13.8 Å². The number of hydrogen-bond donors (Lipinski definition) is 1. The Hall–Kier alpha value is -2.24. The Morgan fingerprint density at radius 3 is 2.58 bits per heavy atom. The van der Waals surface area contributed by atoms with Gasteiger partial charge < -0.3 is 19.7 Å². The summed E-state index contributed by atoms with van der Waals surface area (Å²) < 4.78 is 11.1. The highest BCUT2D eigenvalue weighted by atomic mass is 16.5. The number of carbonyl (C=O) groups is 2. The van der Waals surface area contributed by atoms with Crippen LogP contribution in [0, 0.1) is 5.92 Å². The van der Waals surface area contributed by atoms with E-state index in [0.717, 1.165) is 12.8 Å². The Morgan fingerprint density at radius 1 is 1.21 bits per heavy atom. The van der Waals surface area contributed by atoms with Crippen molar-refractivity contribution in [3.8, 4) is 11.5 Å². The second-order valence-electron chi connectivity index (χ2n) is 5.73.